The monoisotopic (exact) mass is 263 g/mol. The molecule has 1 amide bonds. The average Bonchev–Trinajstić information content (AvgIpc) is 2.95. The zero-order valence-electron chi connectivity index (χ0n) is 10.1. The quantitative estimate of drug-likeness (QED) is 0.848. The number of hydrogen-bond donors (Lipinski definition) is 1. The first-order valence-electron chi connectivity index (χ1n) is 5.43. The number of thiophene rings is 1. The summed E-state index contributed by atoms with van der Waals surface area (Å²) in [6.07, 6.45) is 0. The number of aromatic nitrogens is 2. The SMILES string of the molecule is Cc1cc(C(=O)CNC(=O)c2cccs2)n(C)n1. The third-order valence-corrected chi connectivity index (χ3v) is 3.31. The molecule has 94 valence electrons. The maximum Gasteiger partial charge on any atom is 0.261 e. The Kier molecular flexibility index (Phi) is 3.57. The summed E-state index contributed by atoms with van der Waals surface area (Å²) in [6.45, 7) is 1.80. The minimum Gasteiger partial charge on any atom is -0.344 e. The largest absolute Gasteiger partial charge is 0.344 e. The van der Waals surface area contributed by atoms with Gasteiger partial charge in [0.15, 0.2) is 5.78 Å². The van der Waals surface area contributed by atoms with Gasteiger partial charge in [0.1, 0.15) is 5.69 Å². The molecule has 0 unspecified atom stereocenters. The van der Waals surface area contributed by atoms with E-state index in [2.05, 4.69) is 10.4 Å². The van der Waals surface area contributed by atoms with Gasteiger partial charge in [0.25, 0.3) is 5.91 Å². The van der Waals surface area contributed by atoms with Gasteiger partial charge < -0.3 is 5.32 Å². The third kappa shape index (κ3) is 2.65. The van der Waals surface area contributed by atoms with Gasteiger partial charge in [0.2, 0.25) is 0 Å². The van der Waals surface area contributed by atoms with Crippen molar-refractivity contribution in [3.8, 4) is 0 Å². The lowest BCUT2D eigenvalue weighted by Gasteiger charge is -2.03. The van der Waals surface area contributed by atoms with Crippen molar-refractivity contribution in [2.24, 2.45) is 7.05 Å². The highest BCUT2D eigenvalue weighted by Gasteiger charge is 2.13. The van der Waals surface area contributed by atoms with Crippen LogP contribution >= 0.6 is 11.3 Å². The summed E-state index contributed by atoms with van der Waals surface area (Å²) in [5.41, 5.74) is 1.28. The topological polar surface area (TPSA) is 64.0 Å². The molecule has 2 heterocycles. The molecule has 1 N–H and O–H groups in total. The van der Waals surface area contributed by atoms with E-state index < -0.39 is 0 Å². The highest BCUT2D eigenvalue weighted by atomic mass is 32.1. The normalized spacial score (nSPS) is 10.3. The molecule has 0 aliphatic carbocycles. The average molecular weight is 263 g/mol. The lowest BCUT2D eigenvalue weighted by Crippen LogP contribution is -2.29. The number of aryl methyl sites for hydroxylation is 2. The minimum absolute atomic E-state index is 0.0181. The third-order valence-electron chi connectivity index (χ3n) is 2.44. The number of ketones is 1. The number of nitrogens with zero attached hydrogens (tertiary/aromatic N) is 2. The van der Waals surface area contributed by atoms with Crippen molar-refractivity contribution in [2.45, 2.75) is 6.92 Å². The fraction of sp³-hybridized carbons (Fsp3) is 0.250. The molecule has 0 aliphatic heterocycles. The van der Waals surface area contributed by atoms with Gasteiger partial charge in [-0.05, 0) is 24.4 Å². The second-order valence-electron chi connectivity index (χ2n) is 3.88. The maximum atomic E-state index is 11.9. The van der Waals surface area contributed by atoms with E-state index in [0.29, 0.717) is 10.6 Å². The summed E-state index contributed by atoms with van der Waals surface area (Å²) >= 11 is 1.34. The number of nitrogens with one attached hydrogen (secondary N) is 1. The van der Waals surface area contributed by atoms with Crippen molar-refractivity contribution in [3.05, 3.63) is 39.8 Å². The number of Topliss-reactive ketones (excluding diaryl/α,β-unsaturated/α-hetero) is 1. The van der Waals surface area contributed by atoms with Crippen LogP contribution in [0.1, 0.15) is 25.9 Å². The first kappa shape index (κ1) is 12.5. The molecule has 0 radical (unpaired) electrons. The Labute approximate surface area is 108 Å². The van der Waals surface area contributed by atoms with Crippen LogP contribution in [-0.2, 0) is 7.05 Å². The maximum absolute atomic E-state index is 11.9. The second-order valence-corrected chi connectivity index (χ2v) is 4.83. The van der Waals surface area contributed by atoms with E-state index in [1.807, 2.05) is 12.3 Å². The molecule has 0 spiro atoms. The molecule has 18 heavy (non-hydrogen) atoms. The predicted molar refractivity (Wildman–Crippen MR) is 68.9 cm³/mol. The standard InChI is InChI=1S/C12H13N3O2S/c1-8-6-9(15(2)14-8)10(16)7-13-12(17)11-4-3-5-18-11/h3-6H,7H2,1-2H3,(H,13,17). The zero-order chi connectivity index (χ0) is 13.1. The summed E-state index contributed by atoms with van der Waals surface area (Å²) < 4.78 is 1.52. The summed E-state index contributed by atoms with van der Waals surface area (Å²) in [6, 6.07) is 5.23. The van der Waals surface area contributed by atoms with Gasteiger partial charge in [-0.3, -0.25) is 14.3 Å². The zero-order valence-corrected chi connectivity index (χ0v) is 11.0. The molecule has 0 aliphatic rings. The molecule has 5 nitrogen and oxygen atoms in total. The minimum atomic E-state index is -0.225. The van der Waals surface area contributed by atoms with E-state index in [1.54, 1.807) is 25.2 Å². The van der Waals surface area contributed by atoms with Gasteiger partial charge in [-0.1, -0.05) is 6.07 Å². The van der Waals surface area contributed by atoms with E-state index in [9.17, 15) is 9.59 Å². The van der Waals surface area contributed by atoms with Crippen LogP contribution in [0, 0.1) is 6.92 Å². The fourth-order valence-corrected chi connectivity index (χ4v) is 2.26. The molecule has 2 aromatic heterocycles. The summed E-state index contributed by atoms with van der Waals surface area (Å²) in [5.74, 6) is -0.375. The van der Waals surface area contributed by atoms with Gasteiger partial charge >= 0.3 is 0 Å². The summed E-state index contributed by atoms with van der Waals surface area (Å²) in [4.78, 5) is 24.1. The lowest BCUT2D eigenvalue weighted by atomic mass is 10.2. The van der Waals surface area contributed by atoms with E-state index >= 15 is 0 Å². The van der Waals surface area contributed by atoms with Crippen LogP contribution < -0.4 is 5.32 Å². The molecule has 0 fully saturated rings. The number of rotatable bonds is 4. The molecular formula is C12H13N3O2S. The first-order valence-corrected chi connectivity index (χ1v) is 6.31. The molecular weight excluding hydrogens is 250 g/mol. The number of carbonyl (C=O) groups is 2. The van der Waals surface area contributed by atoms with Gasteiger partial charge in [-0.2, -0.15) is 5.10 Å². The van der Waals surface area contributed by atoms with Crippen LogP contribution in [0.25, 0.3) is 0 Å². The fourth-order valence-electron chi connectivity index (χ4n) is 1.62. The molecule has 2 aromatic rings. The van der Waals surface area contributed by atoms with Gasteiger partial charge in [0, 0.05) is 7.05 Å². The molecule has 0 atom stereocenters. The van der Waals surface area contributed by atoms with Crippen molar-refractivity contribution in [1.82, 2.24) is 15.1 Å². The van der Waals surface area contributed by atoms with Gasteiger partial charge in [0.05, 0.1) is 17.1 Å². The van der Waals surface area contributed by atoms with Crippen molar-refractivity contribution in [3.63, 3.8) is 0 Å². The molecule has 0 saturated heterocycles. The van der Waals surface area contributed by atoms with Gasteiger partial charge in [-0.15, -0.1) is 11.3 Å². The molecule has 0 aromatic carbocycles. The molecule has 0 bridgehead atoms. The van der Waals surface area contributed by atoms with E-state index in [4.69, 9.17) is 0 Å². The Bertz CT molecular complexity index is 572. The number of amides is 1. The Hall–Kier alpha value is -1.95. The number of carbonyl (C=O) groups excluding carboxylic acids is 2. The van der Waals surface area contributed by atoms with Crippen LogP contribution in [-0.4, -0.2) is 28.0 Å². The van der Waals surface area contributed by atoms with Gasteiger partial charge in [-0.25, -0.2) is 0 Å². The Balaban J connectivity index is 1.97. The van der Waals surface area contributed by atoms with Crippen LogP contribution in [0.15, 0.2) is 23.6 Å². The van der Waals surface area contributed by atoms with Crippen LogP contribution in [0.2, 0.25) is 0 Å². The highest BCUT2D eigenvalue weighted by molar-refractivity contribution is 7.12. The number of hydrogen-bond acceptors (Lipinski definition) is 4. The van der Waals surface area contributed by atoms with E-state index in [-0.39, 0.29) is 18.2 Å². The van der Waals surface area contributed by atoms with Crippen molar-refractivity contribution in [1.29, 1.82) is 0 Å². The Morgan fingerprint density at radius 2 is 2.28 bits per heavy atom. The molecule has 2 rings (SSSR count). The lowest BCUT2D eigenvalue weighted by molar-refractivity contribution is 0.0902. The van der Waals surface area contributed by atoms with Crippen LogP contribution in [0.3, 0.4) is 0 Å². The van der Waals surface area contributed by atoms with Crippen molar-refractivity contribution >= 4 is 23.0 Å². The van der Waals surface area contributed by atoms with Crippen LogP contribution in [0.4, 0.5) is 0 Å². The smallest absolute Gasteiger partial charge is 0.261 e. The van der Waals surface area contributed by atoms with Crippen LogP contribution in [0.5, 0.6) is 0 Å². The summed E-state index contributed by atoms with van der Waals surface area (Å²) in [5, 5.41) is 8.52. The van der Waals surface area contributed by atoms with Crippen molar-refractivity contribution in [2.75, 3.05) is 6.54 Å². The second kappa shape index (κ2) is 5.14. The Morgan fingerprint density at radius 1 is 1.50 bits per heavy atom. The Morgan fingerprint density at radius 3 is 2.83 bits per heavy atom. The predicted octanol–water partition coefficient (Wildman–Crippen LogP) is 1.40. The van der Waals surface area contributed by atoms with Crippen molar-refractivity contribution < 1.29 is 9.59 Å². The molecule has 6 heteroatoms. The molecule has 0 saturated carbocycles. The first-order chi connectivity index (χ1) is 8.58. The highest BCUT2D eigenvalue weighted by Crippen LogP contribution is 2.08. The summed E-state index contributed by atoms with van der Waals surface area (Å²) in [7, 11) is 1.71. The van der Waals surface area contributed by atoms with E-state index in [0.717, 1.165) is 5.69 Å². The van der Waals surface area contributed by atoms with E-state index in [1.165, 1.54) is 16.0 Å².